The summed E-state index contributed by atoms with van der Waals surface area (Å²) in [5.41, 5.74) is 0.586. The van der Waals surface area contributed by atoms with Crippen LogP contribution in [0.25, 0.3) is 0 Å². The van der Waals surface area contributed by atoms with E-state index in [9.17, 15) is 13.2 Å². The molecule has 26 heavy (non-hydrogen) atoms. The predicted octanol–water partition coefficient (Wildman–Crippen LogP) is 3.88. The van der Waals surface area contributed by atoms with Crippen LogP contribution in [-0.4, -0.2) is 41.8 Å². The molecule has 3 rings (SSSR count). The van der Waals surface area contributed by atoms with Crippen LogP contribution in [0.4, 0.5) is 0 Å². The summed E-state index contributed by atoms with van der Waals surface area (Å²) in [6.45, 7) is 2.93. The van der Waals surface area contributed by atoms with Crippen molar-refractivity contribution >= 4 is 39.2 Å². The standard InChI is InChI=1S/C18H19ClN2O3S2/c1-13(18(22)14-4-6-15(19)7-5-14)25-17-9-8-16(12-20-17)26(23,24)21-10-2-3-11-21/h4-9,12-13H,2-3,10-11H2,1H3. The summed E-state index contributed by atoms with van der Waals surface area (Å²) < 4.78 is 26.5. The van der Waals surface area contributed by atoms with Gasteiger partial charge in [0, 0.05) is 29.9 Å². The van der Waals surface area contributed by atoms with Gasteiger partial charge in [0.15, 0.2) is 5.78 Å². The number of thioether (sulfide) groups is 1. The van der Waals surface area contributed by atoms with Gasteiger partial charge in [-0.05, 0) is 56.2 Å². The number of Topliss-reactive ketones (excluding diaryl/α,β-unsaturated/α-hetero) is 1. The lowest BCUT2D eigenvalue weighted by Crippen LogP contribution is -2.27. The van der Waals surface area contributed by atoms with Gasteiger partial charge in [-0.3, -0.25) is 4.79 Å². The highest BCUT2D eigenvalue weighted by atomic mass is 35.5. The number of hydrogen-bond acceptors (Lipinski definition) is 5. The van der Waals surface area contributed by atoms with Crippen LogP contribution < -0.4 is 0 Å². The first-order valence-electron chi connectivity index (χ1n) is 8.30. The average Bonchev–Trinajstić information content (AvgIpc) is 3.18. The smallest absolute Gasteiger partial charge is 0.244 e. The molecule has 0 aliphatic carbocycles. The fraction of sp³-hybridized carbons (Fsp3) is 0.333. The number of pyridine rings is 1. The van der Waals surface area contributed by atoms with Crippen LogP contribution in [0, 0.1) is 0 Å². The largest absolute Gasteiger partial charge is 0.293 e. The van der Waals surface area contributed by atoms with Gasteiger partial charge in [0.2, 0.25) is 10.0 Å². The van der Waals surface area contributed by atoms with Crippen molar-refractivity contribution in [2.75, 3.05) is 13.1 Å². The second-order valence-corrected chi connectivity index (χ2v) is 9.81. The number of benzene rings is 1. The first-order valence-corrected chi connectivity index (χ1v) is 11.0. The minimum absolute atomic E-state index is 0.0257. The van der Waals surface area contributed by atoms with Crippen LogP contribution in [0.15, 0.2) is 52.5 Å². The molecule has 0 N–H and O–H groups in total. The minimum Gasteiger partial charge on any atom is -0.293 e. The normalized spacial score (nSPS) is 16.5. The molecule has 1 unspecified atom stereocenters. The molecule has 2 aromatic rings. The highest BCUT2D eigenvalue weighted by molar-refractivity contribution is 8.00. The zero-order valence-electron chi connectivity index (χ0n) is 14.3. The third-order valence-electron chi connectivity index (χ3n) is 4.21. The summed E-state index contributed by atoms with van der Waals surface area (Å²) >= 11 is 7.15. The van der Waals surface area contributed by atoms with Crippen molar-refractivity contribution in [3.05, 3.63) is 53.2 Å². The molecule has 0 radical (unpaired) electrons. The molecular weight excluding hydrogens is 392 g/mol. The quantitative estimate of drug-likeness (QED) is 0.534. The Labute approximate surface area is 162 Å². The van der Waals surface area contributed by atoms with Crippen LogP contribution in [-0.2, 0) is 10.0 Å². The Morgan fingerprint density at radius 1 is 1.15 bits per heavy atom. The monoisotopic (exact) mass is 410 g/mol. The number of ketones is 1. The molecule has 1 aliphatic heterocycles. The molecule has 1 fully saturated rings. The molecule has 0 bridgehead atoms. The van der Waals surface area contributed by atoms with Gasteiger partial charge in [-0.25, -0.2) is 13.4 Å². The summed E-state index contributed by atoms with van der Waals surface area (Å²) in [5.74, 6) is -0.0257. The lowest BCUT2D eigenvalue weighted by molar-refractivity contribution is 0.0994. The summed E-state index contributed by atoms with van der Waals surface area (Å²) in [7, 11) is -3.47. The van der Waals surface area contributed by atoms with E-state index in [-0.39, 0.29) is 15.9 Å². The summed E-state index contributed by atoms with van der Waals surface area (Å²) in [6, 6.07) is 9.97. The molecule has 5 nitrogen and oxygen atoms in total. The third-order valence-corrected chi connectivity index (χ3v) is 7.39. The van der Waals surface area contributed by atoms with E-state index in [1.165, 1.54) is 22.3 Å². The Balaban J connectivity index is 1.69. The number of carbonyl (C=O) groups is 1. The maximum atomic E-state index is 12.5. The fourth-order valence-corrected chi connectivity index (χ4v) is 5.20. The highest BCUT2D eigenvalue weighted by Gasteiger charge is 2.27. The number of rotatable bonds is 6. The Kier molecular flexibility index (Phi) is 6.02. The van der Waals surface area contributed by atoms with Crippen molar-refractivity contribution in [3.63, 3.8) is 0 Å². The van der Waals surface area contributed by atoms with E-state index in [0.29, 0.717) is 28.7 Å². The minimum atomic E-state index is -3.47. The van der Waals surface area contributed by atoms with Gasteiger partial charge in [-0.1, -0.05) is 23.4 Å². The SMILES string of the molecule is CC(Sc1ccc(S(=O)(=O)N2CCCC2)cn1)C(=O)c1ccc(Cl)cc1. The van der Waals surface area contributed by atoms with E-state index in [1.54, 1.807) is 43.3 Å². The second kappa shape index (κ2) is 8.08. The topological polar surface area (TPSA) is 67.3 Å². The van der Waals surface area contributed by atoms with Gasteiger partial charge >= 0.3 is 0 Å². The van der Waals surface area contributed by atoms with E-state index in [2.05, 4.69) is 4.98 Å². The van der Waals surface area contributed by atoms with Crippen molar-refractivity contribution in [1.82, 2.24) is 9.29 Å². The Morgan fingerprint density at radius 3 is 2.38 bits per heavy atom. The van der Waals surface area contributed by atoms with Gasteiger partial charge in [-0.2, -0.15) is 4.31 Å². The zero-order valence-corrected chi connectivity index (χ0v) is 16.6. The first-order chi connectivity index (χ1) is 12.4. The lowest BCUT2D eigenvalue weighted by Gasteiger charge is -2.15. The van der Waals surface area contributed by atoms with Crippen molar-refractivity contribution < 1.29 is 13.2 Å². The van der Waals surface area contributed by atoms with Crippen molar-refractivity contribution in [2.24, 2.45) is 0 Å². The van der Waals surface area contributed by atoms with E-state index in [1.807, 2.05) is 0 Å². The summed E-state index contributed by atoms with van der Waals surface area (Å²) in [5, 5.41) is 0.850. The van der Waals surface area contributed by atoms with Crippen molar-refractivity contribution in [3.8, 4) is 0 Å². The van der Waals surface area contributed by atoms with E-state index in [4.69, 9.17) is 11.6 Å². The highest BCUT2D eigenvalue weighted by Crippen LogP contribution is 2.26. The maximum absolute atomic E-state index is 12.5. The molecule has 1 aliphatic rings. The van der Waals surface area contributed by atoms with Crippen LogP contribution in [0.1, 0.15) is 30.1 Å². The van der Waals surface area contributed by atoms with Crippen LogP contribution in [0.5, 0.6) is 0 Å². The maximum Gasteiger partial charge on any atom is 0.244 e. The number of carbonyl (C=O) groups excluding carboxylic acids is 1. The molecule has 1 aromatic carbocycles. The lowest BCUT2D eigenvalue weighted by atomic mass is 10.1. The number of sulfonamides is 1. The Hall–Kier alpha value is -1.41. The molecule has 1 saturated heterocycles. The third kappa shape index (κ3) is 4.28. The van der Waals surface area contributed by atoms with Gasteiger partial charge < -0.3 is 0 Å². The van der Waals surface area contributed by atoms with Gasteiger partial charge in [0.25, 0.3) is 0 Å². The first kappa shape index (κ1) is 19.4. The second-order valence-electron chi connectivity index (χ2n) is 6.07. The molecule has 2 heterocycles. The Morgan fingerprint density at radius 2 is 1.81 bits per heavy atom. The molecule has 138 valence electrons. The van der Waals surface area contributed by atoms with E-state index >= 15 is 0 Å². The van der Waals surface area contributed by atoms with Gasteiger partial charge in [-0.15, -0.1) is 0 Å². The molecule has 0 spiro atoms. The number of halogens is 1. The van der Waals surface area contributed by atoms with Gasteiger partial charge in [0.05, 0.1) is 10.3 Å². The number of nitrogens with zero attached hydrogens (tertiary/aromatic N) is 2. The number of hydrogen-bond donors (Lipinski definition) is 0. The average molecular weight is 411 g/mol. The van der Waals surface area contributed by atoms with Crippen LogP contribution in [0.2, 0.25) is 5.02 Å². The predicted molar refractivity (Wildman–Crippen MR) is 103 cm³/mol. The molecule has 1 aromatic heterocycles. The van der Waals surface area contributed by atoms with E-state index in [0.717, 1.165) is 12.8 Å². The molecular formula is C18H19ClN2O3S2. The number of aromatic nitrogens is 1. The van der Waals surface area contributed by atoms with Crippen molar-refractivity contribution in [2.45, 2.75) is 34.9 Å². The Bertz CT molecular complexity index is 878. The molecule has 8 heteroatoms. The zero-order chi connectivity index (χ0) is 18.7. The fourth-order valence-electron chi connectivity index (χ4n) is 2.75. The molecule has 1 atom stereocenters. The van der Waals surface area contributed by atoms with E-state index < -0.39 is 10.0 Å². The molecule has 0 amide bonds. The summed E-state index contributed by atoms with van der Waals surface area (Å²) in [4.78, 5) is 16.9. The van der Waals surface area contributed by atoms with Crippen LogP contribution >= 0.6 is 23.4 Å². The summed E-state index contributed by atoms with van der Waals surface area (Å²) in [6.07, 6.45) is 3.16. The van der Waals surface area contributed by atoms with Gasteiger partial charge in [0.1, 0.15) is 4.90 Å². The van der Waals surface area contributed by atoms with Crippen molar-refractivity contribution in [1.29, 1.82) is 0 Å². The molecule has 0 saturated carbocycles. The van der Waals surface area contributed by atoms with Crippen LogP contribution in [0.3, 0.4) is 0 Å².